The molecule has 4 aromatic rings. The van der Waals surface area contributed by atoms with E-state index >= 15 is 8.78 Å². The van der Waals surface area contributed by atoms with Gasteiger partial charge in [0.2, 0.25) is 11.5 Å². The third kappa shape index (κ3) is 5.06. The number of alkyl halides is 3. The van der Waals surface area contributed by atoms with Gasteiger partial charge in [0.1, 0.15) is 18.1 Å². The first kappa shape index (κ1) is 27.4. The molecule has 3 aromatic carbocycles. The van der Waals surface area contributed by atoms with E-state index in [2.05, 4.69) is 15.7 Å². The molecule has 15 heteroatoms. The lowest BCUT2D eigenvalue weighted by molar-refractivity contribution is -0.143. The summed E-state index contributed by atoms with van der Waals surface area (Å²) in [5, 5.41) is 7.86. The number of fused-ring (bicyclic) bond motifs is 3. The molecule has 0 bridgehead atoms. The SMILES string of the molecule is [2H]C1([2H])CCC([2H])([C@@]2(c3ccccc3)Cc3c(cc(F)c(Cl)c3-c3c(C(=O)NC)cc4c(c3F)Oc3c(cnn(CC(F)(F)F)c3=O)O4)O2)N1. The van der Waals surface area contributed by atoms with Gasteiger partial charge in [0, 0.05) is 39.0 Å². The summed E-state index contributed by atoms with van der Waals surface area (Å²) in [5.74, 6) is -6.08. The van der Waals surface area contributed by atoms with Crippen molar-refractivity contribution in [2.45, 2.75) is 43.6 Å². The van der Waals surface area contributed by atoms with Crippen LogP contribution in [0.25, 0.3) is 11.1 Å². The number of benzene rings is 3. The number of halogens is 6. The monoisotopic (exact) mass is 677 g/mol. The third-order valence-electron chi connectivity index (χ3n) is 8.09. The number of amides is 1. The smallest absolute Gasteiger partial charge is 0.408 e. The summed E-state index contributed by atoms with van der Waals surface area (Å²) in [6.07, 6.45) is -4.46. The fraction of sp³-hybridized carbons (Fsp3) is 0.281. The normalized spacial score (nSPS) is 23.2. The Morgan fingerprint density at radius 2 is 1.94 bits per heavy atom. The molecule has 3 aliphatic heterocycles. The van der Waals surface area contributed by atoms with Crippen LogP contribution in [0.5, 0.6) is 28.7 Å². The molecule has 1 fully saturated rings. The Kier molecular flexibility index (Phi) is 6.55. The first-order valence-corrected chi connectivity index (χ1v) is 14.5. The average Bonchev–Trinajstić information content (AvgIpc) is 3.60. The summed E-state index contributed by atoms with van der Waals surface area (Å²) in [7, 11) is 1.24. The Bertz CT molecular complexity index is 2160. The van der Waals surface area contributed by atoms with Gasteiger partial charge in [-0.25, -0.2) is 13.5 Å². The molecule has 4 heterocycles. The molecular formula is C32H24ClF5N4O5. The van der Waals surface area contributed by atoms with Crippen molar-refractivity contribution in [2.24, 2.45) is 0 Å². The molecule has 9 nitrogen and oxygen atoms in total. The van der Waals surface area contributed by atoms with Crippen LogP contribution in [-0.4, -0.2) is 41.4 Å². The highest BCUT2D eigenvalue weighted by Crippen LogP contribution is 2.55. The third-order valence-corrected chi connectivity index (χ3v) is 8.46. The molecule has 2 N–H and O–H groups in total. The molecule has 1 unspecified atom stereocenters. The Labute approximate surface area is 272 Å². The van der Waals surface area contributed by atoms with E-state index < -0.39 is 93.1 Å². The predicted octanol–water partition coefficient (Wildman–Crippen LogP) is 6.24. The lowest BCUT2D eigenvalue weighted by Crippen LogP contribution is -2.48. The number of nitrogens with zero attached hydrogens (tertiary/aromatic N) is 2. The van der Waals surface area contributed by atoms with Crippen LogP contribution in [0.4, 0.5) is 22.0 Å². The van der Waals surface area contributed by atoms with Gasteiger partial charge < -0.3 is 24.8 Å². The van der Waals surface area contributed by atoms with Crippen molar-refractivity contribution in [3.05, 3.63) is 92.4 Å². The molecule has 0 aliphatic carbocycles. The number of ether oxygens (including phenoxy) is 3. The van der Waals surface area contributed by atoms with Gasteiger partial charge in [-0.1, -0.05) is 41.9 Å². The van der Waals surface area contributed by atoms with E-state index in [1.807, 2.05) is 0 Å². The van der Waals surface area contributed by atoms with E-state index in [-0.39, 0.29) is 40.8 Å². The zero-order valence-corrected chi connectivity index (χ0v) is 24.9. The van der Waals surface area contributed by atoms with Gasteiger partial charge in [0.05, 0.1) is 24.2 Å². The number of carbonyl (C=O) groups is 1. The van der Waals surface area contributed by atoms with Crippen molar-refractivity contribution >= 4 is 17.5 Å². The number of carbonyl (C=O) groups excluding carboxylic acids is 1. The highest BCUT2D eigenvalue weighted by Gasteiger charge is 2.50. The van der Waals surface area contributed by atoms with Crippen LogP contribution >= 0.6 is 11.6 Å². The molecule has 2 atom stereocenters. The van der Waals surface area contributed by atoms with E-state index in [0.29, 0.717) is 5.56 Å². The standard InChI is InChI=1S/C32H24ClF5N4O5/c1-39-29(43)16-10-20-27(46-28-21(45-20)13-41-42(30(28)44)14-32(36,37)38)26(35)24(16)23-17-12-31(22-8-5-9-40-22,15-6-3-2-4-7-15)47-19(17)11-18(34)25(23)33/h2-4,6-7,10-11,13,22,40H,5,8-9,12,14H2,1H3,(H,39,43)/t22?,31-/m0/s1/i9D2,22D. The van der Waals surface area contributed by atoms with Crippen LogP contribution in [0, 0.1) is 11.6 Å². The maximum absolute atomic E-state index is 17.0. The molecular weight excluding hydrogens is 651 g/mol. The first-order chi connectivity index (χ1) is 23.5. The molecule has 0 saturated carbocycles. The van der Waals surface area contributed by atoms with Crippen molar-refractivity contribution < 1.29 is 45.1 Å². The summed E-state index contributed by atoms with van der Waals surface area (Å²) in [5.41, 5.74) is -4.08. The zero-order valence-electron chi connectivity index (χ0n) is 27.2. The summed E-state index contributed by atoms with van der Waals surface area (Å²) in [4.78, 5) is 26.2. The van der Waals surface area contributed by atoms with Crippen molar-refractivity contribution in [3.63, 3.8) is 0 Å². The van der Waals surface area contributed by atoms with E-state index in [0.717, 1.165) is 18.3 Å². The second kappa shape index (κ2) is 11.2. The Morgan fingerprint density at radius 1 is 1.17 bits per heavy atom. The second-order valence-electron chi connectivity index (χ2n) is 10.9. The quantitative estimate of drug-likeness (QED) is 0.212. The minimum atomic E-state index is -4.83. The number of nitrogens with one attached hydrogen (secondary N) is 2. The van der Waals surface area contributed by atoms with Gasteiger partial charge in [-0.15, -0.1) is 0 Å². The Hall–Kier alpha value is -4.69. The minimum absolute atomic E-state index is 0.0452. The van der Waals surface area contributed by atoms with E-state index in [4.69, 9.17) is 28.6 Å². The lowest BCUT2D eigenvalue weighted by atomic mass is 9.80. The van der Waals surface area contributed by atoms with Gasteiger partial charge in [-0.05, 0) is 31.0 Å². The van der Waals surface area contributed by atoms with Crippen LogP contribution in [0.2, 0.25) is 5.02 Å². The van der Waals surface area contributed by atoms with Crippen molar-refractivity contribution in [2.75, 3.05) is 13.5 Å². The summed E-state index contributed by atoms with van der Waals surface area (Å²) in [6.45, 7) is -3.74. The molecule has 0 spiro atoms. The fourth-order valence-electron chi connectivity index (χ4n) is 6.04. The number of hydrogen-bond donors (Lipinski definition) is 2. The van der Waals surface area contributed by atoms with E-state index in [1.54, 1.807) is 30.3 Å². The molecule has 7 rings (SSSR count). The molecule has 47 heavy (non-hydrogen) atoms. The summed E-state index contributed by atoms with van der Waals surface area (Å²) in [6, 6.07) is 8.48. The van der Waals surface area contributed by atoms with Crippen LogP contribution in [0.15, 0.2) is 53.5 Å². The Morgan fingerprint density at radius 3 is 2.62 bits per heavy atom. The fourth-order valence-corrected chi connectivity index (χ4v) is 6.30. The topological polar surface area (TPSA) is 104 Å². The molecule has 0 radical (unpaired) electrons. The van der Waals surface area contributed by atoms with Crippen LogP contribution in [0.1, 0.15) is 38.4 Å². The molecule has 1 aromatic heterocycles. The average molecular weight is 678 g/mol. The van der Waals surface area contributed by atoms with Crippen LogP contribution < -0.4 is 30.4 Å². The highest BCUT2D eigenvalue weighted by atomic mass is 35.5. The highest BCUT2D eigenvalue weighted by molar-refractivity contribution is 6.34. The number of rotatable bonds is 5. The van der Waals surface area contributed by atoms with E-state index in [9.17, 15) is 24.1 Å². The van der Waals surface area contributed by atoms with Crippen LogP contribution in [-0.2, 0) is 18.6 Å². The Balaban J connectivity index is 1.44. The summed E-state index contributed by atoms with van der Waals surface area (Å²) >= 11 is 6.56. The van der Waals surface area contributed by atoms with Gasteiger partial charge >= 0.3 is 11.7 Å². The number of aromatic nitrogens is 2. The molecule has 3 aliphatic rings. The van der Waals surface area contributed by atoms with Crippen LogP contribution in [0.3, 0.4) is 0 Å². The van der Waals surface area contributed by atoms with Gasteiger partial charge in [0.15, 0.2) is 22.9 Å². The van der Waals surface area contributed by atoms with Crippen molar-refractivity contribution in [1.29, 1.82) is 0 Å². The lowest BCUT2D eigenvalue weighted by Gasteiger charge is -2.35. The largest absolute Gasteiger partial charge is 0.480 e. The molecule has 244 valence electrons. The maximum atomic E-state index is 17.0. The van der Waals surface area contributed by atoms with Gasteiger partial charge in [-0.3, -0.25) is 9.59 Å². The minimum Gasteiger partial charge on any atom is -0.480 e. The predicted molar refractivity (Wildman–Crippen MR) is 158 cm³/mol. The first-order valence-electron chi connectivity index (χ1n) is 15.6. The van der Waals surface area contributed by atoms with Gasteiger partial charge in [0.25, 0.3) is 5.91 Å². The number of hydrogen-bond acceptors (Lipinski definition) is 7. The van der Waals surface area contributed by atoms with Gasteiger partial charge in [-0.2, -0.15) is 18.3 Å². The van der Waals surface area contributed by atoms with Crippen molar-refractivity contribution in [3.8, 4) is 39.9 Å². The van der Waals surface area contributed by atoms with Crippen molar-refractivity contribution in [1.82, 2.24) is 20.4 Å². The molecule has 1 amide bonds. The van der Waals surface area contributed by atoms with E-state index in [1.165, 1.54) is 7.05 Å². The second-order valence-corrected chi connectivity index (χ2v) is 11.3. The zero-order chi connectivity index (χ0) is 36.0. The maximum Gasteiger partial charge on any atom is 0.408 e. The molecule has 1 saturated heterocycles. The summed E-state index contributed by atoms with van der Waals surface area (Å²) < 4.78 is 116.